The summed E-state index contributed by atoms with van der Waals surface area (Å²) in [6.45, 7) is 4.45. The van der Waals surface area contributed by atoms with Crippen LogP contribution in [0.25, 0.3) is 0 Å². The minimum absolute atomic E-state index is 0.598. The van der Waals surface area contributed by atoms with Crippen LogP contribution in [0.15, 0.2) is 36.7 Å². The largest absolute Gasteiger partial charge is 0.229 e. The van der Waals surface area contributed by atoms with Crippen LogP contribution >= 0.6 is 0 Å². The predicted octanol–water partition coefficient (Wildman–Crippen LogP) is 5.34. The standard InChI is InChI=1S/C22H28N2/c1-3-5-7-9-19-11-13-20(14-12-19)15-16-22-23-17-21(18-24-22)10-8-6-4-2/h11-14,17-18H,3-10H2,1-2H3. The lowest BCUT2D eigenvalue weighted by atomic mass is 10.1. The first-order chi connectivity index (χ1) is 11.8. The maximum Gasteiger partial charge on any atom is 0.205 e. The zero-order valence-electron chi connectivity index (χ0n) is 15.0. The van der Waals surface area contributed by atoms with Gasteiger partial charge in [-0.05, 0) is 54.9 Å². The Morgan fingerprint density at radius 3 is 1.88 bits per heavy atom. The number of nitrogens with zero attached hydrogens (tertiary/aromatic N) is 2. The van der Waals surface area contributed by atoms with Gasteiger partial charge in [-0.15, -0.1) is 0 Å². The number of hydrogen-bond donors (Lipinski definition) is 0. The van der Waals surface area contributed by atoms with Crippen molar-refractivity contribution >= 4 is 0 Å². The van der Waals surface area contributed by atoms with Gasteiger partial charge >= 0.3 is 0 Å². The normalized spacial score (nSPS) is 10.2. The maximum atomic E-state index is 4.36. The molecule has 2 heteroatoms. The molecule has 126 valence electrons. The van der Waals surface area contributed by atoms with Crippen LogP contribution in [0.5, 0.6) is 0 Å². The number of unbranched alkanes of at least 4 members (excludes halogenated alkanes) is 4. The molecule has 2 aromatic rings. The highest BCUT2D eigenvalue weighted by Gasteiger charge is 1.96. The van der Waals surface area contributed by atoms with E-state index in [2.05, 4.69) is 59.9 Å². The van der Waals surface area contributed by atoms with Crippen LogP contribution in [0.4, 0.5) is 0 Å². The molecule has 0 saturated carbocycles. The number of rotatable bonds is 8. The Hall–Kier alpha value is -2.14. The van der Waals surface area contributed by atoms with Crippen molar-refractivity contribution in [2.24, 2.45) is 0 Å². The zero-order chi connectivity index (χ0) is 17.0. The zero-order valence-corrected chi connectivity index (χ0v) is 15.0. The van der Waals surface area contributed by atoms with Gasteiger partial charge in [-0.3, -0.25) is 0 Å². The fourth-order valence-corrected chi connectivity index (χ4v) is 2.59. The first-order valence-corrected chi connectivity index (χ1v) is 9.23. The molecule has 1 heterocycles. The molecule has 0 fully saturated rings. The average Bonchev–Trinajstić information content (AvgIpc) is 2.63. The van der Waals surface area contributed by atoms with Gasteiger partial charge in [-0.25, -0.2) is 9.97 Å². The molecule has 1 aromatic heterocycles. The van der Waals surface area contributed by atoms with E-state index in [1.54, 1.807) is 0 Å². The van der Waals surface area contributed by atoms with Crippen molar-refractivity contribution in [3.05, 3.63) is 59.2 Å². The fraction of sp³-hybridized carbons (Fsp3) is 0.455. The molecule has 0 atom stereocenters. The quantitative estimate of drug-likeness (QED) is 0.484. The third-order valence-corrected chi connectivity index (χ3v) is 4.12. The summed E-state index contributed by atoms with van der Waals surface area (Å²) in [7, 11) is 0. The van der Waals surface area contributed by atoms with Crippen LogP contribution in [0, 0.1) is 11.8 Å². The topological polar surface area (TPSA) is 25.8 Å². The summed E-state index contributed by atoms with van der Waals surface area (Å²) in [5.41, 5.74) is 3.61. The van der Waals surface area contributed by atoms with Crippen molar-refractivity contribution in [1.82, 2.24) is 9.97 Å². The van der Waals surface area contributed by atoms with E-state index in [9.17, 15) is 0 Å². The first kappa shape index (κ1) is 18.2. The average molecular weight is 320 g/mol. The molecular formula is C22H28N2. The summed E-state index contributed by atoms with van der Waals surface area (Å²) in [6.07, 6.45) is 13.6. The van der Waals surface area contributed by atoms with Crippen LogP contribution in [0.2, 0.25) is 0 Å². The van der Waals surface area contributed by atoms with E-state index in [1.807, 2.05) is 12.4 Å². The summed E-state index contributed by atoms with van der Waals surface area (Å²) in [5, 5.41) is 0. The smallest absolute Gasteiger partial charge is 0.205 e. The van der Waals surface area contributed by atoms with Crippen molar-refractivity contribution < 1.29 is 0 Å². The fourth-order valence-electron chi connectivity index (χ4n) is 2.59. The monoisotopic (exact) mass is 320 g/mol. The number of hydrogen-bond acceptors (Lipinski definition) is 2. The summed E-state index contributed by atoms with van der Waals surface area (Å²) >= 11 is 0. The first-order valence-electron chi connectivity index (χ1n) is 9.23. The van der Waals surface area contributed by atoms with E-state index >= 15 is 0 Å². The number of aromatic nitrogens is 2. The molecule has 0 unspecified atom stereocenters. The molecule has 0 bridgehead atoms. The molecule has 0 aliphatic heterocycles. The summed E-state index contributed by atoms with van der Waals surface area (Å²) in [4.78, 5) is 8.71. The Bertz CT molecular complexity index is 588. The highest BCUT2D eigenvalue weighted by molar-refractivity contribution is 5.39. The summed E-state index contributed by atoms with van der Waals surface area (Å²) in [6, 6.07) is 8.54. The van der Waals surface area contributed by atoms with E-state index in [0.29, 0.717) is 5.82 Å². The second kappa shape index (κ2) is 10.6. The van der Waals surface area contributed by atoms with Crippen molar-refractivity contribution in [3.8, 4) is 11.8 Å². The molecule has 0 amide bonds. The molecule has 0 radical (unpaired) electrons. The molecule has 0 saturated heterocycles. The highest BCUT2D eigenvalue weighted by atomic mass is 14.8. The van der Waals surface area contributed by atoms with Crippen molar-refractivity contribution in [3.63, 3.8) is 0 Å². The van der Waals surface area contributed by atoms with E-state index in [-0.39, 0.29) is 0 Å². The van der Waals surface area contributed by atoms with Crippen LogP contribution < -0.4 is 0 Å². The van der Waals surface area contributed by atoms with Gasteiger partial charge in [0, 0.05) is 18.0 Å². The minimum Gasteiger partial charge on any atom is -0.229 e. The van der Waals surface area contributed by atoms with Gasteiger partial charge in [0.15, 0.2) is 0 Å². The van der Waals surface area contributed by atoms with Crippen LogP contribution in [-0.2, 0) is 12.8 Å². The maximum absolute atomic E-state index is 4.36. The molecule has 2 nitrogen and oxygen atoms in total. The van der Waals surface area contributed by atoms with Gasteiger partial charge in [0.05, 0.1) is 0 Å². The summed E-state index contributed by atoms with van der Waals surface area (Å²) in [5.74, 6) is 6.81. The molecule has 0 aliphatic rings. The molecule has 1 aromatic carbocycles. The van der Waals surface area contributed by atoms with Crippen molar-refractivity contribution in [1.29, 1.82) is 0 Å². The third-order valence-electron chi connectivity index (χ3n) is 4.12. The third kappa shape index (κ3) is 6.54. The van der Waals surface area contributed by atoms with Crippen LogP contribution in [0.3, 0.4) is 0 Å². The summed E-state index contributed by atoms with van der Waals surface area (Å²) < 4.78 is 0. The van der Waals surface area contributed by atoms with Crippen molar-refractivity contribution in [2.45, 2.75) is 65.2 Å². The van der Waals surface area contributed by atoms with E-state index in [0.717, 1.165) is 18.4 Å². The van der Waals surface area contributed by atoms with E-state index in [4.69, 9.17) is 0 Å². The van der Waals surface area contributed by atoms with Crippen LogP contribution in [-0.4, -0.2) is 9.97 Å². The molecule has 0 N–H and O–H groups in total. The van der Waals surface area contributed by atoms with Gasteiger partial charge < -0.3 is 0 Å². The minimum atomic E-state index is 0.598. The van der Waals surface area contributed by atoms with Gasteiger partial charge in [0.2, 0.25) is 5.82 Å². The van der Waals surface area contributed by atoms with Gasteiger partial charge in [0.25, 0.3) is 0 Å². The highest BCUT2D eigenvalue weighted by Crippen LogP contribution is 2.08. The molecule has 24 heavy (non-hydrogen) atoms. The van der Waals surface area contributed by atoms with Crippen LogP contribution in [0.1, 0.15) is 74.9 Å². The Morgan fingerprint density at radius 1 is 0.708 bits per heavy atom. The molecule has 0 spiro atoms. The predicted molar refractivity (Wildman–Crippen MR) is 101 cm³/mol. The Balaban J connectivity index is 1.89. The second-order valence-electron chi connectivity index (χ2n) is 6.28. The second-order valence-corrected chi connectivity index (χ2v) is 6.28. The molecular weight excluding hydrogens is 292 g/mol. The number of aryl methyl sites for hydroxylation is 2. The molecule has 2 rings (SSSR count). The Labute approximate surface area is 146 Å². The van der Waals surface area contributed by atoms with Crippen molar-refractivity contribution in [2.75, 3.05) is 0 Å². The lowest BCUT2D eigenvalue weighted by molar-refractivity contribution is 0.713. The van der Waals surface area contributed by atoms with E-state index in [1.165, 1.54) is 49.7 Å². The van der Waals surface area contributed by atoms with Gasteiger partial charge in [-0.2, -0.15) is 0 Å². The lowest BCUT2D eigenvalue weighted by Gasteiger charge is -2.00. The lowest BCUT2D eigenvalue weighted by Crippen LogP contribution is -1.93. The molecule has 0 aliphatic carbocycles. The Kier molecular flexibility index (Phi) is 8.04. The van der Waals surface area contributed by atoms with E-state index < -0.39 is 0 Å². The SMILES string of the molecule is CCCCCc1ccc(C#Cc2ncc(CCCCC)cn2)cc1. The Morgan fingerprint density at radius 2 is 1.29 bits per heavy atom. The number of benzene rings is 1. The van der Waals surface area contributed by atoms with Gasteiger partial charge in [-0.1, -0.05) is 57.6 Å². The van der Waals surface area contributed by atoms with Gasteiger partial charge in [0.1, 0.15) is 0 Å².